The number of tetrazole rings is 1. The minimum atomic E-state index is -0.423. The summed E-state index contributed by atoms with van der Waals surface area (Å²) >= 11 is 0. The molecule has 1 aromatic heterocycles. The van der Waals surface area contributed by atoms with E-state index in [-0.39, 0.29) is 6.04 Å². The normalized spacial score (nSPS) is 19.5. The molecule has 1 aromatic carbocycles. The SMILES string of the molecule is Nc1ccc(-c2nnnn2C2CCCOC2)c(F)c1. The molecule has 1 aliphatic rings. The number of ether oxygens (including phenoxy) is 1. The van der Waals surface area contributed by atoms with Crippen LogP contribution in [0.25, 0.3) is 11.4 Å². The van der Waals surface area contributed by atoms with E-state index in [1.165, 1.54) is 6.07 Å². The van der Waals surface area contributed by atoms with Crippen molar-refractivity contribution in [3.05, 3.63) is 24.0 Å². The summed E-state index contributed by atoms with van der Waals surface area (Å²) in [6.07, 6.45) is 1.88. The first kappa shape index (κ1) is 12.0. The van der Waals surface area contributed by atoms with Gasteiger partial charge < -0.3 is 10.5 Å². The lowest BCUT2D eigenvalue weighted by atomic mass is 10.1. The van der Waals surface area contributed by atoms with E-state index in [1.807, 2.05) is 0 Å². The third-order valence-electron chi connectivity index (χ3n) is 3.21. The molecule has 3 rings (SSSR count). The Kier molecular flexibility index (Phi) is 3.12. The lowest BCUT2D eigenvalue weighted by Gasteiger charge is -2.22. The number of nitrogens with two attached hydrogens (primary N) is 1. The van der Waals surface area contributed by atoms with Crippen LogP contribution in [0.4, 0.5) is 10.1 Å². The molecule has 6 nitrogen and oxygen atoms in total. The van der Waals surface area contributed by atoms with Crippen LogP contribution in [-0.4, -0.2) is 33.4 Å². The van der Waals surface area contributed by atoms with Gasteiger partial charge in [-0.15, -0.1) is 5.10 Å². The number of halogens is 1. The second-order valence-electron chi connectivity index (χ2n) is 4.56. The summed E-state index contributed by atoms with van der Waals surface area (Å²) in [4.78, 5) is 0. The molecule has 1 atom stereocenters. The van der Waals surface area contributed by atoms with Gasteiger partial charge in [0.2, 0.25) is 0 Å². The molecule has 0 bridgehead atoms. The summed E-state index contributed by atoms with van der Waals surface area (Å²) in [5, 5.41) is 11.5. The molecule has 100 valence electrons. The molecule has 0 radical (unpaired) electrons. The monoisotopic (exact) mass is 263 g/mol. The van der Waals surface area contributed by atoms with Gasteiger partial charge in [0.05, 0.1) is 18.2 Å². The van der Waals surface area contributed by atoms with Crippen LogP contribution in [0.2, 0.25) is 0 Å². The van der Waals surface area contributed by atoms with Gasteiger partial charge in [0.1, 0.15) is 5.82 Å². The van der Waals surface area contributed by atoms with Crippen molar-refractivity contribution in [2.24, 2.45) is 0 Å². The molecule has 19 heavy (non-hydrogen) atoms. The van der Waals surface area contributed by atoms with Gasteiger partial charge in [-0.2, -0.15) is 0 Å². The summed E-state index contributed by atoms with van der Waals surface area (Å²) < 4.78 is 21.0. The first-order chi connectivity index (χ1) is 9.25. The van der Waals surface area contributed by atoms with Crippen molar-refractivity contribution in [2.75, 3.05) is 18.9 Å². The predicted molar refractivity (Wildman–Crippen MR) is 66.7 cm³/mol. The third-order valence-corrected chi connectivity index (χ3v) is 3.21. The van der Waals surface area contributed by atoms with Crippen molar-refractivity contribution in [1.82, 2.24) is 20.2 Å². The van der Waals surface area contributed by atoms with Crippen LogP contribution in [0, 0.1) is 5.82 Å². The molecule has 1 saturated heterocycles. The number of hydrogen-bond acceptors (Lipinski definition) is 5. The zero-order chi connectivity index (χ0) is 13.2. The second kappa shape index (κ2) is 4.93. The van der Waals surface area contributed by atoms with Crippen molar-refractivity contribution in [1.29, 1.82) is 0 Å². The van der Waals surface area contributed by atoms with E-state index in [0.717, 1.165) is 19.4 Å². The number of nitrogens with zero attached hydrogens (tertiary/aromatic N) is 4. The standard InChI is InChI=1S/C12H14FN5O/c13-11-6-8(14)3-4-10(11)12-15-16-17-18(12)9-2-1-5-19-7-9/h3-4,6,9H,1-2,5,7,14H2. The molecule has 0 amide bonds. The zero-order valence-electron chi connectivity index (χ0n) is 10.3. The number of nitrogen functional groups attached to an aromatic ring is 1. The van der Waals surface area contributed by atoms with Gasteiger partial charge in [0.25, 0.3) is 0 Å². The zero-order valence-corrected chi connectivity index (χ0v) is 10.3. The average Bonchev–Trinajstić information content (AvgIpc) is 2.89. The molecular formula is C12H14FN5O. The molecule has 2 heterocycles. The Morgan fingerprint density at radius 2 is 2.32 bits per heavy atom. The van der Waals surface area contributed by atoms with Gasteiger partial charge in [-0.05, 0) is 41.5 Å². The van der Waals surface area contributed by atoms with Crippen molar-refractivity contribution in [3.8, 4) is 11.4 Å². The minimum Gasteiger partial charge on any atom is -0.399 e. The van der Waals surface area contributed by atoms with Gasteiger partial charge in [-0.25, -0.2) is 9.07 Å². The molecule has 7 heteroatoms. The number of anilines is 1. The van der Waals surface area contributed by atoms with Crippen LogP contribution in [0.3, 0.4) is 0 Å². The van der Waals surface area contributed by atoms with E-state index in [0.29, 0.717) is 23.7 Å². The van der Waals surface area contributed by atoms with Crippen LogP contribution in [0.1, 0.15) is 18.9 Å². The van der Waals surface area contributed by atoms with Crippen molar-refractivity contribution >= 4 is 5.69 Å². The van der Waals surface area contributed by atoms with Crippen molar-refractivity contribution in [3.63, 3.8) is 0 Å². The first-order valence-electron chi connectivity index (χ1n) is 6.16. The Morgan fingerprint density at radius 3 is 3.05 bits per heavy atom. The van der Waals surface area contributed by atoms with E-state index >= 15 is 0 Å². The Balaban J connectivity index is 1.99. The Bertz CT molecular complexity index is 579. The molecule has 1 fully saturated rings. The van der Waals surface area contributed by atoms with Crippen molar-refractivity contribution < 1.29 is 9.13 Å². The Morgan fingerprint density at radius 1 is 1.42 bits per heavy atom. The highest BCUT2D eigenvalue weighted by molar-refractivity contribution is 5.59. The van der Waals surface area contributed by atoms with E-state index < -0.39 is 5.82 Å². The maximum Gasteiger partial charge on any atom is 0.185 e. The van der Waals surface area contributed by atoms with E-state index in [4.69, 9.17) is 10.5 Å². The lowest BCUT2D eigenvalue weighted by molar-refractivity contribution is 0.0548. The van der Waals surface area contributed by atoms with Crippen LogP contribution in [0.15, 0.2) is 18.2 Å². The molecule has 0 spiro atoms. The quantitative estimate of drug-likeness (QED) is 0.829. The van der Waals surface area contributed by atoms with Gasteiger partial charge in [-0.3, -0.25) is 0 Å². The number of benzene rings is 1. The largest absolute Gasteiger partial charge is 0.399 e. The fraction of sp³-hybridized carbons (Fsp3) is 0.417. The number of aromatic nitrogens is 4. The highest BCUT2D eigenvalue weighted by Gasteiger charge is 2.22. The maximum absolute atomic E-state index is 13.9. The van der Waals surface area contributed by atoms with Crippen LogP contribution in [0.5, 0.6) is 0 Å². The average molecular weight is 263 g/mol. The fourth-order valence-corrected chi connectivity index (χ4v) is 2.25. The molecule has 1 unspecified atom stereocenters. The minimum absolute atomic E-state index is 0.0516. The van der Waals surface area contributed by atoms with E-state index in [1.54, 1.807) is 16.8 Å². The van der Waals surface area contributed by atoms with E-state index in [9.17, 15) is 4.39 Å². The van der Waals surface area contributed by atoms with Crippen LogP contribution < -0.4 is 5.73 Å². The predicted octanol–water partition coefficient (Wildman–Crippen LogP) is 1.41. The number of rotatable bonds is 2. The van der Waals surface area contributed by atoms with Crippen LogP contribution in [-0.2, 0) is 4.74 Å². The number of hydrogen-bond donors (Lipinski definition) is 1. The Labute approximate surface area is 109 Å². The maximum atomic E-state index is 13.9. The summed E-state index contributed by atoms with van der Waals surface area (Å²) in [5.41, 5.74) is 6.27. The summed E-state index contributed by atoms with van der Waals surface area (Å²) in [5.74, 6) is -0.0132. The fourth-order valence-electron chi connectivity index (χ4n) is 2.25. The molecule has 1 aliphatic heterocycles. The highest BCUT2D eigenvalue weighted by Crippen LogP contribution is 2.27. The van der Waals surface area contributed by atoms with Gasteiger partial charge >= 0.3 is 0 Å². The molecule has 0 aliphatic carbocycles. The highest BCUT2D eigenvalue weighted by atomic mass is 19.1. The van der Waals surface area contributed by atoms with Gasteiger partial charge in [0.15, 0.2) is 5.82 Å². The molecule has 2 N–H and O–H groups in total. The molecule has 2 aromatic rings. The second-order valence-corrected chi connectivity index (χ2v) is 4.56. The van der Waals surface area contributed by atoms with Crippen molar-refractivity contribution in [2.45, 2.75) is 18.9 Å². The lowest BCUT2D eigenvalue weighted by Crippen LogP contribution is -2.23. The van der Waals surface area contributed by atoms with E-state index in [2.05, 4.69) is 15.5 Å². The van der Waals surface area contributed by atoms with Gasteiger partial charge in [-0.1, -0.05) is 0 Å². The topological polar surface area (TPSA) is 78.9 Å². The first-order valence-corrected chi connectivity index (χ1v) is 6.16. The summed E-state index contributed by atoms with van der Waals surface area (Å²) in [6.45, 7) is 1.30. The smallest absolute Gasteiger partial charge is 0.185 e. The third kappa shape index (κ3) is 2.28. The van der Waals surface area contributed by atoms with Crippen LogP contribution >= 0.6 is 0 Å². The van der Waals surface area contributed by atoms with Gasteiger partial charge in [0, 0.05) is 12.3 Å². The summed E-state index contributed by atoms with van der Waals surface area (Å²) in [6, 6.07) is 4.55. The Hall–Kier alpha value is -2.02. The molecular weight excluding hydrogens is 249 g/mol. The summed E-state index contributed by atoms with van der Waals surface area (Å²) in [7, 11) is 0. The molecule has 0 saturated carbocycles.